The van der Waals surface area contributed by atoms with Crippen LogP contribution in [0.1, 0.15) is 72.4 Å². The number of nitrogens with one attached hydrogen (secondary N) is 2. The molecule has 0 bridgehead atoms. The molecule has 23 heavy (non-hydrogen) atoms. The molecule has 0 heterocycles. The van der Waals surface area contributed by atoms with Gasteiger partial charge in [-0.3, -0.25) is 5.32 Å². The Labute approximate surface area is 141 Å². The number of hydrogen-bond donors (Lipinski definition) is 2. The first-order chi connectivity index (χ1) is 10.7. The Morgan fingerprint density at radius 2 is 1.78 bits per heavy atom. The van der Waals surface area contributed by atoms with Gasteiger partial charge in [-0.05, 0) is 58.2 Å². The molecule has 0 aromatic heterocycles. The third kappa shape index (κ3) is 7.51. The van der Waals surface area contributed by atoms with Crippen molar-refractivity contribution in [1.29, 1.82) is 0 Å². The second kappa shape index (κ2) is 8.92. The zero-order chi connectivity index (χ0) is 17.5. The van der Waals surface area contributed by atoms with Crippen LogP contribution >= 0.6 is 0 Å². The highest BCUT2D eigenvalue weighted by Gasteiger charge is 2.16. The molecule has 0 aliphatic carbocycles. The summed E-state index contributed by atoms with van der Waals surface area (Å²) < 4.78 is 5.25. The first-order valence-corrected chi connectivity index (χ1v) is 8.61. The summed E-state index contributed by atoms with van der Waals surface area (Å²) in [6.07, 6.45) is 3.09. The summed E-state index contributed by atoms with van der Waals surface area (Å²) in [6, 6.07) is 8.76. The van der Waals surface area contributed by atoms with Crippen LogP contribution in [0.5, 0.6) is 0 Å². The highest BCUT2D eigenvalue weighted by molar-refractivity contribution is 5.84. The largest absolute Gasteiger partial charge is 0.444 e. The molecule has 0 aliphatic rings. The van der Waals surface area contributed by atoms with E-state index in [4.69, 9.17) is 4.74 Å². The zero-order valence-corrected chi connectivity index (χ0v) is 15.4. The van der Waals surface area contributed by atoms with Crippen LogP contribution in [0.25, 0.3) is 0 Å². The van der Waals surface area contributed by atoms with Crippen LogP contribution < -0.4 is 10.6 Å². The summed E-state index contributed by atoms with van der Waals surface area (Å²) in [5.74, 6) is 0. The molecular formula is C19H32N2O2. The maximum atomic E-state index is 11.8. The van der Waals surface area contributed by atoms with Gasteiger partial charge in [0.1, 0.15) is 5.60 Å². The van der Waals surface area contributed by atoms with Crippen molar-refractivity contribution >= 4 is 11.8 Å². The van der Waals surface area contributed by atoms with Crippen molar-refractivity contribution in [2.75, 3.05) is 5.32 Å². The number of rotatable bonds is 7. The number of amides is 1. The molecule has 0 saturated heterocycles. The molecule has 2 N–H and O–H groups in total. The van der Waals surface area contributed by atoms with E-state index >= 15 is 0 Å². The Balaban J connectivity index is 2.60. The minimum Gasteiger partial charge on any atom is -0.444 e. The fourth-order valence-corrected chi connectivity index (χ4v) is 2.48. The highest BCUT2D eigenvalue weighted by Crippen LogP contribution is 2.19. The summed E-state index contributed by atoms with van der Waals surface area (Å²) in [6.45, 7) is 12.2. The smallest absolute Gasteiger partial charge is 0.412 e. The van der Waals surface area contributed by atoms with Gasteiger partial charge in [0.15, 0.2) is 0 Å². The van der Waals surface area contributed by atoms with Crippen LogP contribution in [0.15, 0.2) is 24.3 Å². The molecule has 0 saturated carbocycles. The van der Waals surface area contributed by atoms with Gasteiger partial charge in [0.2, 0.25) is 0 Å². The van der Waals surface area contributed by atoms with E-state index in [1.807, 2.05) is 45.0 Å². The van der Waals surface area contributed by atoms with E-state index in [0.29, 0.717) is 12.1 Å². The fraction of sp³-hybridized carbons (Fsp3) is 0.632. The Hall–Kier alpha value is -1.55. The summed E-state index contributed by atoms with van der Waals surface area (Å²) in [5, 5.41) is 6.42. The molecule has 1 amide bonds. The predicted octanol–water partition coefficient (Wildman–Crippen LogP) is 5.26. The average Bonchev–Trinajstić information content (AvgIpc) is 2.45. The standard InChI is InChI=1S/C19H32N2O2/c1-7-9-16(8-2)20-14(3)15-10-12-17(13-11-15)21-18(22)23-19(4,5)6/h10-14,16,20H,7-9H2,1-6H3,(H,21,22). The molecule has 2 unspecified atom stereocenters. The predicted molar refractivity (Wildman–Crippen MR) is 96.8 cm³/mol. The quantitative estimate of drug-likeness (QED) is 0.720. The van der Waals surface area contributed by atoms with Crippen molar-refractivity contribution < 1.29 is 9.53 Å². The third-order valence-electron chi connectivity index (χ3n) is 3.67. The van der Waals surface area contributed by atoms with E-state index in [2.05, 4.69) is 31.4 Å². The average molecular weight is 320 g/mol. The van der Waals surface area contributed by atoms with Gasteiger partial charge in [0.25, 0.3) is 0 Å². The number of ether oxygens (including phenoxy) is 1. The molecule has 2 atom stereocenters. The summed E-state index contributed by atoms with van der Waals surface area (Å²) >= 11 is 0. The monoisotopic (exact) mass is 320 g/mol. The van der Waals surface area contributed by atoms with Crippen molar-refractivity contribution in [3.8, 4) is 0 Å². The molecule has 0 spiro atoms. The lowest BCUT2D eigenvalue weighted by molar-refractivity contribution is 0.0636. The van der Waals surface area contributed by atoms with E-state index in [-0.39, 0.29) is 0 Å². The van der Waals surface area contributed by atoms with Gasteiger partial charge in [-0.25, -0.2) is 4.79 Å². The van der Waals surface area contributed by atoms with Gasteiger partial charge in [0, 0.05) is 17.8 Å². The Morgan fingerprint density at radius 3 is 2.26 bits per heavy atom. The molecule has 130 valence electrons. The minimum absolute atomic E-state index is 0.294. The molecular weight excluding hydrogens is 288 g/mol. The van der Waals surface area contributed by atoms with Gasteiger partial charge >= 0.3 is 6.09 Å². The van der Waals surface area contributed by atoms with E-state index in [1.165, 1.54) is 18.4 Å². The molecule has 0 fully saturated rings. The van der Waals surface area contributed by atoms with E-state index < -0.39 is 11.7 Å². The molecule has 1 aromatic carbocycles. The molecule has 4 nitrogen and oxygen atoms in total. The van der Waals surface area contributed by atoms with Crippen molar-refractivity contribution in [1.82, 2.24) is 5.32 Å². The van der Waals surface area contributed by atoms with Gasteiger partial charge in [0.05, 0.1) is 0 Å². The number of carbonyl (C=O) groups is 1. The second-order valence-electron chi connectivity index (χ2n) is 7.03. The number of hydrogen-bond acceptors (Lipinski definition) is 3. The normalized spacial score (nSPS) is 14.2. The summed E-state index contributed by atoms with van der Waals surface area (Å²) in [4.78, 5) is 11.8. The maximum Gasteiger partial charge on any atom is 0.412 e. The molecule has 0 aliphatic heterocycles. The first-order valence-electron chi connectivity index (χ1n) is 8.61. The first kappa shape index (κ1) is 19.5. The van der Waals surface area contributed by atoms with E-state index in [1.54, 1.807) is 0 Å². The van der Waals surface area contributed by atoms with Gasteiger partial charge in [-0.1, -0.05) is 32.4 Å². The summed E-state index contributed by atoms with van der Waals surface area (Å²) in [7, 11) is 0. The number of anilines is 1. The lowest BCUT2D eigenvalue weighted by Gasteiger charge is -2.22. The highest BCUT2D eigenvalue weighted by atomic mass is 16.6. The Morgan fingerprint density at radius 1 is 1.17 bits per heavy atom. The second-order valence-corrected chi connectivity index (χ2v) is 7.03. The SMILES string of the molecule is CCCC(CC)NC(C)c1ccc(NC(=O)OC(C)(C)C)cc1. The zero-order valence-electron chi connectivity index (χ0n) is 15.4. The number of carbonyl (C=O) groups excluding carboxylic acids is 1. The fourth-order valence-electron chi connectivity index (χ4n) is 2.48. The van der Waals surface area contributed by atoms with Crippen molar-refractivity contribution in [3.63, 3.8) is 0 Å². The Bertz CT molecular complexity index is 477. The third-order valence-corrected chi connectivity index (χ3v) is 3.67. The lowest BCUT2D eigenvalue weighted by Crippen LogP contribution is -2.30. The van der Waals surface area contributed by atoms with E-state index in [0.717, 1.165) is 12.1 Å². The lowest BCUT2D eigenvalue weighted by atomic mass is 10.0. The van der Waals surface area contributed by atoms with Crippen LogP contribution in [-0.4, -0.2) is 17.7 Å². The molecule has 0 radical (unpaired) electrons. The molecule has 4 heteroatoms. The number of benzene rings is 1. The van der Waals surface area contributed by atoms with Crippen LogP contribution in [0.3, 0.4) is 0 Å². The van der Waals surface area contributed by atoms with Gasteiger partial charge in [-0.15, -0.1) is 0 Å². The van der Waals surface area contributed by atoms with Gasteiger partial charge in [-0.2, -0.15) is 0 Å². The van der Waals surface area contributed by atoms with Crippen molar-refractivity contribution in [3.05, 3.63) is 29.8 Å². The molecule has 1 rings (SSSR count). The van der Waals surface area contributed by atoms with Crippen molar-refractivity contribution in [2.24, 2.45) is 0 Å². The van der Waals surface area contributed by atoms with Crippen LogP contribution in [0, 0.1) is 0 Å². The van der Waals surface area contributed by atoms with Gasteiger partial charge < -0.3 is 10.1 Å². The minimum atomic E-state index is -0.489. The van der Waals surface area contributed by atoms with Crippen LogP contribution in [-0.2, 0) is 4.74 Å². The van der Waals surface area contributed by atoms with Crippen LogP contribution in [0.2, 0.25) is 0 Å². The van der Waals surface area contributed by atoms with E-state index in [9.17, 15) is 4.79 Å². The maximum absolute atomic E-state index is 11.8. The summed E-state index contributed by atoms with van der Waals surface area (Å²) in [5.41, 5.74) is 1.47. The molecule has 1 aromatic rings. The van der Waals surface area contributed by atoms with Crippen LogP contribution in [0.4, 0.5) is 10.5 Å². The topological polar surface area (TPSA) is 50.4 Å². The Kier molecular flexibility index (Phi) is 7.56. The van der Waals surface area contributed by atoms with Crippen molar-refractivity contribution in [2.45, 2.75) is 78.5 Å².